The number of ketones is 1. The molecule has 3 aromatic carbocycles. The molecule has 0 heterocycles. The molecule has 0 aliphatic heterocycles. The van der Waals surface area contributed by atoms with Crippen LogP contribution in [0.1, 0.15) is 15.9 Å². The van der Waals surface area contributed by atoms with Crippen LogP contribution in [-0.2, 0) is 4.57 Å². The summed E-state index contributed by atoms with van der Waals surface area (Å²) in [4.78, 5) is 12.6. The highest BCUT2D eigenvalue weighted by Crippen LogP contribution is 2.25. The molecular formula is C19H15O2P. The summed E-state index contributed by atoms with van der Waals surface area (Å²) >= 11 is 0. The van der Waals surface area contributed by atoms with E-state index in [9.17, 15) is 4.79 Å². The predicted molar refractivity (Wildman–Crippen MR) is 90.8 cm³/mol. The number of carbonyl (C=O) groups excluding carboxylic acids is 1. The SMILES string of the molecule is O=C(c1ccccc1)c1ccccc1-c1ccccc1.O=P. The van der Waals surface area contributed by atoms with Crippen LogP contribution in [0.5, 0.6) is 0 Å². The molecule has 0 saturated heterocycles. The topological polar surface area (TPSA) is 34.1 Å². The van der Waals surface area contributed by atoms with Gasteiger partial charge >= 0.3 is 0 Å². The molecule has 0 fully saturated rings. The molecular weight excluding hydrogens is 291 g/mol. The summed E-state index contributed by atoms with van der Waals surface area (Å²) in [6, 6.07) is 27.1. The second-order valence-electron chi connectivity index (χ2n) is 4.61. The van der Waals surface area contributed by atoms with Crippen molar-refractivity contribution in [2.24, 2.45) is 0 Å². The lowest BCUT2D eigenvalue weighted by Gasteiger charge is -2.09. The van der Waals surface area contributed by atoms with E-state index in [1.54, 1.807) is 9.12 Å². The van der Waals surface area contributed by atoms with Crippen LogP contribution in [0.4, 0.5) is 0 Å². The van der Waals surface area contributed by atoms with Crippen molar-refractivity contribution < 1.29 is 9.36 Å². The van der Waals surface area contributed by atoms with Crippen LogP contribution in [0.3, 0.4) is 0 Å². The summed E-state index contributed by atoms with van der Waals surface area (Å²) in [6.07, 6.45) is 0. The Labute approximate surface area is 132 Å². The number of hydrogen-bond acceptors (Lipinski definition) is 2. The molecule has 0 N–H and O–H groups in total. The van der Waals surface area contributed by atoms with Gasteiger partial charge in [-0.25, -0.2) is 0 Å². The fraction of sp³-hybridized carbons (Fsp3) is 0. The molecule has 0 aromatic heterocycles. The largest absolute Gasteiger partial charge is 0.289 e. The normalized spacial score (nSPS) is 9.45. The monoisotopic (exact) mass is 306 g/mol. The number of benzene rings is 3. The first-order chi connectivity index (χ1) is 10.9. The molecule has 0 aliphatic carbocycles. The molecule has 0 spiro atoms. The lowest BCUT2D eigenvalue weighted by Crippen LogP contribution is -2.03. The predicted octanol–water partition coefficient (Wildman–Crippen LogP) is 5.06. The van der Waals surface area contributed by atoms with Gasteiger partial charge in [0.15, 0.2) is 5.78 Å². The molecule has 3 rings (SSSR count). The number of carbonyl (C=O) groups is 1. The highest BCUT2D eigenvalue weighted by molar-refractivity contribution is 7.00. The van der Waals surface area contributed by atoms with Crippen molar-refractivity contribution in [3.05, 3.63) is 96.1 Å². The van der Waals surface area contributed by atoms with Crippen LogP contribution >= 0.6 is 9.12 Å². The smallest absolute Gasteiger partial charge is 0.193 e. The summed E-state index contributed by atoms with van der Waals surface area (Å²) < 4.78 is 8.06. The molecule has 3 aromatic rings. The second-order valence-corrected chi connectivity index (χ2v) is 4.61. The van der Waals surface area contributed by atoms with Crippen LogP contribution in [0.25, 0.3) is 11.1 Å². The zero-order chi connectivity index (χ0) is 15.8. The minimum Gasteiger partial charge on any atom is -0.289 e. The molecule has 0 amide bonds. The third kappa shape index (κ3) is 3.55. The molecule has 0 aliphatic rings. The summed E-state index contributed by atoms with van der Waals surface area (Å²) in [5.41, 5.74) is 3.50. The minimum absolute atomic E-state index is 0.0602. The van der Waals surface area contributed by atoms with Gasteiger partial charge in [0.1, 0.15) is 9.12 Å². The van der Waals surface area contributed by atoms with Gasteiger partial charge < -0.3 is 0 Å². The Balaban J connectivity index is 0.000000847. The average Bonchev–Trinajstić information content (AvgIpc) is 2.64. The van der Waals surface area contributed by atoms with E-state index in [0.717, 1.165) is 22.3 Å². The van der Waals surface area contributed by atoms with Gasteiger partial charge in [-0.15, -0.1) is 0 Å². The van der Waals surface area contributed by atoms with Gasteiger partial charge in [0, 0.05) is 11.1 Å². The minimum atomic E-state index is 0.0602. The van der Waals surface area contributed by atoms with E-state index in [-0.39, 0.29) is 5.78 Å². The zero-order valence-corrected chi connectivity index (χ0v) is 12.9. The van der Waals surface area contributed by atoms with E-state index >= 15 is 0 Å². The third-order valence-corrected chi connectivity index (χ3v) is 3.29. The lowest BCUT2D eigenvalue weighted by atomic mass is 9.94. The quantitative estimate of drug-likeness (QED) is 0.500. The molecule has 0 atom stereocenters. The van der Waals surface area contributed by atoms with Crippen molar-refractivity contribution in [2.75, 3.05) is 0 Å². The van der Waals surface area contributed by atoms with E-state index in [1.807, 2.05) is 84.9 Å². The average molecular weight is 306 g/mol. The van der Waals surface area contributed by atoms with Gasteiger partial charge in [-0.2, -0.15) is 0 Å². The van der Waals surface area contributed by atoms with Crippen LogP contribution in [-0.4, -0.2) is 5.78 Å². The van der Waals surface area contributed by atoms with Gasteiger partial charge in [0.05, 0.1) is 0 Å². The van der Waals surface area contributed by atoms with Gasteiger partial charge in [-0.3, -0.25) is 9.36 Å². The van der Waals surface area contributed by atoms with Gasteiger partial charge in [-0.05, 0) is 11.1 Å². The van der Waals surface area contributed by atoms with E-state index in [1.165, 1.54) is 0 Å². The van der Waals surface area contributed by atoms with Crippen molar-refractivity contribution in [2.45, 2.75) is 0 Å². The maximum Gasteiger partial charge on any atom is 0.193 e. The zero-order valence-electron chi connectivity index (χ0n) is 11.9. The Morgan fingerprint density at radius 2 is 1.14 bits per heavy atom. The van der Waals surface area contributed by atoms with E-state index in [2.05, 4.69) is 0 Å². The number of hydrogen-bond donors (Lipinski definition) is 0. The number of rotatable bonds is 3. The standard InChI is InChI=1S/C19H14O.HOP/c20-19(16-11-5-2-6-12-16)18-14-8-7-13-17(18)15-9-3-1-4-10-15;1-2/h1-14H;2H. The summed E-state index contributed by atoms with van der Waals surface area (Å²) in [7, 11) is 1.72. The van der Waals surface area contributed by atoms with Crippen LogP contribution in [0.2, 0.25) is 0 Å². The highest BCUT2D eigenvalue weighted by Gasteiger charge is 2.13. The molecule has 0 saturated carbocycles. The van der Waals surface area contributed by atoms with Crippen LogP contribution < -0.4 is 0 Å². The maximum atomic E-state index is 12.6. The molecule has 0 bridgehead atoms. The molecule has 22 heavy (non-hydrogen) atoms. The van der Waals surface area contributed by atoms with E-state index < -0.39 is 0 Å². The molecule has 0 radical (unpaired) electrons. The summed E-state index contributed by atoms with van der Waals surface area (Å²) in [5.74, 6) is 0.0602. The van der Waals surface area contributed by atoms with Gasteiger partial charge in [0.25, 0.3) is 0 Å². The van der Waals surface area contributed by atoms with Crippen molar-refractivity contribution in [3.63, 3.8) is 0 Å². The Morgan fingerprint density at radius 3 is 1.77 bits per heavy atom. The summed E-state index contributed by atoms with van der Waals surface area (Å²) in [6.45, 7) is 0. The molecule has 2 nitrogen and oxygen atoms in total. The second kappa shape index (κ2) is 8.02. The lowest BCUT2D eigenvalue weighted by molar-refractivity contribution is 0.103. The molecule has 3 heteroatoms. The Hall–Kier alpha value is -2.57. The van der Waals surface area contributed by atoms with Crippen molar-refractivity contribution in [1.29, 1.82) is 0 Å². The molecule has 0 unspecified atom stereocenters. The molecule has 108 valence electrons. The Morgan fingerprint density at radius 1 is 0.636 bits per heavy atom. The third-order valence-electron chi connectivity index (χ3n) is 3.29. The van der Waals surface area contributed by atoms with Crippen LogP contribution in [0, 0.1) is 0 Å². The fourth-order valence-corrected chi connectivity index (χ4v) is 2.30. The Kier molecular flexibility index (Phi) is 5.76. The summed E-state index contributed by atoms with van der Waals surface area (Å²) in [5, 5.41) is 0. The first-order valence-electron chi connectivity index (χ1n) is 6.81. The van der Waals surface area contributed by atoms with Gasteiger partial charge in [-0.1, -0.05) is 84.9 Å². The van der Waals surface area contributed by atoms with E-state index in [4.69, 9.17) is 4.57 Å². The Bertz CT molecular complexity index is 740. The van der Waals surface area contributed by atoms with E-state index in [0.29, 0.717) is 0 Å². The first-order valence-corrected chi connectivity index (χ1v) is 7.22. The van der Waals surface area contributed by atoms with Crippen LogP contribution in [0.15, 0.2) is 84.9 Å². The van der Waals surface area contributed by atoms with Gasteiger partial charge in [0.2, 0.25) is 0 Å². The first kappa shape index (κ1) is 15.8. The maximum absolute atomic E-state index is 12.6. The van der Waals surface area contributed by atoms with Crippen molar-refractivity contribution in [1.82, 2.24) is 0 Å². The van der Waals surface area contributed by atoms with Crippen molar-refractivity contribution >= 4 is 14.9 Å². The van der Waals surface area contributed by atoms with Crippen molar-refractivity contribution in [3.8, 4) is 11.1 Å². The highest BCUT2D eigenvalue weighted by atomic mass is 31.0. The fourth-order valence-electron chi connectivity index (χ4n) is 2.30.